The van der Waals surface area contributed by atoms with E-state index in [0.29, 0.717) is 23.6 Å². The Kier molecular flexibility index (Phi) is 6.59. The number of amides is 2. The van der Waals surface area contributed by atoms with E-state index in [2.05, 4.69) is 15.6 Å². The summed E-state index contributed by atoms with van der Waals surface area (Å²) in [5.74, 6) is 0.758. The molecule has 1 atom stereocenters. The van der Waals surface area contributed by atoms with E-state index in [1.54, 1.807) is 20.3 Å². The lowest BCUT2D eigenvalue weighted by Gasteiger charge is -2.19. The molecule has 0 saturated heterocycles. The number of rotatable bonds is 8. The topological polar surface area (TPSA) is 92.5 Å². The molecule has 3 aromatic carbocycles. The highest BCUT2D eigenvalue weighted by Gasteiger charge is 2.24. The third-order valence-electron chi connectivity index (χ3n) is 5.37. The van der Waals surface area contributed by atoms with E-state index in [1.165, 1.54) is 0 Å². The largest absolute Gasteiger partial charge is 0.497 e. The highest BCUT2D eigenvalue weighted by molar-refractivity contribution is 6.00. The summed E-state index contributed by atoms with van der Waals surface area (Å²) in [5.41, 5.74) is 2.75. The van der Waals surface area contributed by atoms with Crippen molar-refractivity contribution in [3.8, 4) is 11.5 Å². The Morgan fingerprint density at radius 3 is 2.27 bits per heavy atom. The molecule has 3 N–H and O–H groups in total. The molecule has 4 rings (SSSR count). The third kappa shape index (κ3) is 5.15. The van der Waals surface area contributed by atoms with Gasteiger partial charge in [-0.25, -0.2) is 0 Å². The molecule has 7 heteroatoms. The first-order valence-electron chi connectivity index (χ1n) is 10.5. The summed E-state index contributed by atoms with van der Waals surface area (Å²) < 4.78 is 10.4. The molecule has 7 nitrogen and oxygen atoms in total. The zero-order chi connectivity index (χ0) is 23.2. The molecule has 0 saturated carbocycles. The van der Waals surface area contributed by atoms with Crippen LogP contribution < -0.4 is 20.1 Å². The van der Waals surface area contributed by atoms with Gasteiger partial charge in [-0.2, -0.15) is 0 Å². The molecule has 33 heavy (non-hydrogen) atoms. The van der Waals surface area contributed by atoms with Crippen LogP contribution in [0.25, 0.3) is 10.9 Å². The molecule has 168 valence electrons. The Bertz CT molecular complexity index is 1250. The van der Waals surface area contributed by atoms with E-state index in [1.807, 2.05) is 72.8 Å². The second kappa shape index (κ2) is 9.91. The predicted octanol–water partition coefficient (Wildman–Crippen LogP) is 3.97. The van der Waals surface area contributed by atoms with Crippen LogP contribution in [-0.2, 0) is 11.3 Å². The van der Waals surface area contributed by atoms with Crippen LogP contribution in [0.5, 0.6) is 11.5 Å². The number of hydrogen-bond donors (Lipinski definition) is 3. The lowest BCUT2D eigenvalue weighted by atomic mass is 10.1. The van der Waals surface area contributed by atoms with Gasteiger partial charge in [0.1, 0.15) is 23.2 Å². The minimum Gasteiger partial charge on any atom is -0.497 e. The number of ether oxygens (including phenoxy) is 2. The fraction of sp³-hybridized carbons (Fsp3) is 0.154. The number of nitrogens with one attached hydrogen (secondary N) is 3. The smallest absolute Gasteiger partial charge is 0.268 e. The third-order valence-corrected chi connectivity index (χ3v) is 5.37. The Morgan fingerprint density at radius 1 is 0.879 bits per heavy atom. The molecule has 0 bridgehead atoms. The monoisotopic (exact) mass is 443 g/mol. The van der Waals surface area contributed by atoms with Crippen LogP contribution >= 0.6 is 0 Å². The number of methoxy groups -OCH3 is 2. The van der Waals surface area contributed by atoms with Crippen molar-refractivity contribution in [3.63, 3.8) is 0 Å². The molecule has 1 heterocycles. The van der Waals surface area contributed by atoms with Crippen molar-refractivity contribution in [2.75, 3.05) is 14.2 Å². The van der Waals surface area contributed by atoms with Crippen molar-refractivity contribution < 1.29 is 19.1 Å². The number of carbonyl (C=O) groups excluding carboxylic acids is 2. The molecule has 0 radical (unpaired) electrons. The van der Waals surface area contributed by atoms with Crippen LogP contribution in [0.3, 0.4) is 0 Å². The minimum absolute atomic E-state index is 0.303. The van der Waals surface area contributed by atoms with Gasteiger partial charge in [-0.3, -0.25) is 9.59 Å². The quantitative estimate of drug-likeness (QED) is 0.384. The van der Waals surface area contributed by atoms with E-state index in [9.17, 15) is 9.59 Å². The van der Waals surface area contributed by atoms with E-state index < -0.39 is 6.04 Å². The average Bonchev–Trinajstić information content (AvgIpc) is 3.30. The van der Waals surface area contributed by atoms with Crippen LogP contribution in [0.1, 0.15) is 27.7 Å². The first-order valence-corrected chi connectivity index (χ1v) is 10.5. The molecule has 0 aliphatic rings. The maximum atomic E-state index is 13.1. The van der Waals surface area contributed by atoms with Gasteiger partial charge in [0.05, 0.1) is 14.2 Å². The van der Waals surface area contributed by atoms with Crippen LogP contribution in [-0.4, -0.2) is 31.0 Å². The van der Waals surface area contributed by atoms with Gasteiger partial charge in [0, 0.05) is 23.5 Å². The molecule has 1 unspecified atom stereocenters. The summed E-state index contributed by atoms with van der Waals surface area (Å²) in [6.45, 7) is 0.328. The second-order valence-electron chi connectivity index (χ2n) is 7.52. The Balaban J connectivity index is 1.51. The van der Waals surface area contributed by atoms with Crippen LogP contribution in [0.2, 0.25) is 0 Å². The number of hydrogen-bond acceptors (Lipinski definition) is 4. The average molecular weight is 444 g/mol. The Labute approximate surface area is 191 Å². The second-order valence-corrected chi connectivity index (χ2v) is 7.52. The van der Waals surface area contributed by atoms with Gasteiger partial charge in [-0.15, -0.1) is 0 Å². The number of H-pyrrole nitrogens is 1. The van der Waals surface area contributed by atoms with Crippen molar-refractivity contribution >= 4 is 22.7 Å². The van der Waals surface area contributed by atoms with Crippen molar-refractivity contribution in [1.82, 2.24) is 15.6 Å². The summed E-state index contributed by atoms with van der Waals surface area (Å²) in [5, 5.41) is 6.65. The summed E-state index contributed by atoms with van der Waals surface area (Å²) in [6, 6.07) is 23.0. The molecule has 0 aliphatic carbocycles. The predicted molar refractivity (Wildman–Crippen MR) is 126 cm³/mol. The van der Waals surface area contributed by atoms with Crippen LogP contribution in [0.4, 0.5) is 0 Å². The SMILES string of the molecule is COc1ccc(CNC(=O)C(NC(=O)c2cc3ccc(OC)cc3[nH]2)c2ccccc2)cc1. The number of carbonyl (C=O) groups is 2. The van der Waals surface area contributed by atoms with Crippen molar-refractivity contribution in [1.29, 1.82) is 0 Å². The maximum absolute atomic E-state index is 13.1. The Morgan fingerprint density at radius 2 is 1.58 bits per heavy atom. The van der Waals surface area contributed by atoms with E-state index >= 15 is 0 Å². The van der Waals surface area contributed by atoms with Crippen LogP contribution in [0, 0.1) is 0 Å². The van der Waals surface area contributed by atoms with Crippen molar-refractivity contribution in [2.45, 2.75) is 12.6 Å². The molecular weight excluding hydrogens is 418 g/mol. The van der Waals surface area contributed by atoms with E-state index in [0.717, 1.165) is 22.2 Å². The summed E-state index contributed by atoms with van der Waals surface area (Å²) in [7, 11) is 3.19. The van der Waals surface area contributed by atoms with Gasteiger partial charge in [0.15, 0.2) is 0 Å². The first kappa shape index (κ1) is 22.0. The summed E-state index contributed by atoms with van der Waals surface area (Å²) in [6.07, 6.45) is 0. The normalized spacial score (nSPS) is 11.6. The van der Waals surface area contributed by atoms with Gasteiger partial charge in [0.25, 0.3) is 5.91 Å². The van der Waals surface area contributed by atoms with Gasteiger partial charge >= 0.3 is 0 Å². The molecule has 1 aromatic heterocycles. The summed E-state index contributed by atoms with van der Waals surface area (Å²) in [4.78, 5) is 29.2. The Hall–Kier alpha value is -4.26. The zero-order valence-electron chi connectivity index (χ0n) is 18.4. The minimum atomic E-state index is -0.849. The van der Waals surface area contributed by atoms with Gasteiger partial charge < -0.3 is 25.1 Å². The maximum Gasteiger partial charge on any atom is 0.268 e. The molecule has 0 aliphatic heterocycles. The van der Waals surface area contributed by atoms with Crippen LogP contribution in [0.15, 0.2) is 78.9 Å². The highest BCUT2D eigenvalue weighted by Crippen LogP contribution is 2.22. The highest BCUT2D eigenvalue weighted by atomic mass is 16.5. The summed E-state index contributed by atoms with van der Waals surface area (Å²) >= 11 is 0. The number of aromatic nitrogens is 1. The first-order chi connectivity index (χ1) is 16.1. The number of fused-ring (bicyclic) bond motifs is 1. The van der Waals surface area contributed by atoms with E-state index in [-0.39, 0.29) is 11.8 Å². The van der Waals surface area contributed by atoms with Gasteiger partial charge in [-0.05, 0) is 41.5 Å². The number of aromatic amines is 1. The molecule has 0 spiro atoms. The van der Waals surface area contributed by atoms with Gasteiger partial charge in [0.2, 0.25) is 5.91 Å². The molecule has 0 fully saturated rings. The van der Waals surface area contributed by atoms with E-state index in [4.69, 9.17) is 9.47 Å². The fourth-order valence-electron chi connectivity index (χ4n) is 3.54. The lowest BCUT2D eigenvalue weighted by molar-refractivity contribution is -0.123. The molecule has 2 amide bonds. The zero-order valence-corrected chi connectivity index (χ0v) is 18.4. The lowest BCUT2D eigenvalue weighted by Crippen LogP contribution is -2.40. The van der Waals surface area contributed by atoms with Crippen molar-refractivity contribution in [2.24, 2.45) is 0 Å². The molecule has 4 aromatic rings. The number of benzene rings is 3. The fourth-order valence-corrected chi connectivity index (χ4v) is 3.54. The van der Waals surface area contributed by atoms with Crippen molar-refractivity contribution in [3.05, 3.63) is 95.7 Å². The molecular formula is C26H25N3O4. The standard InChI is InChI=1S/C26H25N3O4/c1-32-20-11-8-17(9-12-20)16-27-26(31)24(18-6-4-3-5-7-18)29-25(30)23-14-19-10-13-21(33-2)15-22(19)28-23/h3-15,24,28H,16H2,1-2H3,(H,27,31)(H,29,30). The van der Waals surface area contributed by atoms with Gasteiger partial charge in [-0.1, -0.05) is 42.5 Å².